The van der Waals surface area contributed by atoms with Crippen LogP contribution in [-0.2, 0) is 22.7 Å². The number of fused-ring (bicyclic) bond motifs is 1. The van der Waals surface area contributed by atoms with Gasteiger partial charge in [-0.05, 0) is 59.3 Å². The van der Waals surface area contributed by atoms with E-state index in [9.17, 15) is 9.18 Å². The molecule has 3 aromatic carbocycles. The molecule has 4 aromatic rings. The summed E-state index contributed by atoms with van der Waals surface area (Å²) in [5.74, 6) is 0.537. The van der Waals surface area contributed by atoms with Gasteiger partial charge in [0.05, 0.1) is 25.9 Å². The molecular formula is C34H39FN2O4Si. The van der Waals surface area contributed by atoms with Crippen LogP contribution < -0.4 is 4.74 Å². The summed E-state index contributed by atoms with van der Waals surface area (Å²) in [5, 5.41) is 2.09. The van der Waals surface area contributed by atoms with E-state index in [1.54, 1.807) is 17.3 Å². The Kier molecular flexibility index (Phi) is 9.54. The highest BCUT2D eigenvalue weighted by Gasteiger charge is 2.34. The van der Waals surface area contributed by atoms with E-state index in [0.717, 1.165) is 39.3 Å². The number of piperidine rings is 1. The third-order valence-electron chi connectivity index (χ3n) is 7.66. The first-order chi connectivity index (χ1) is 20.2. The molecule has 1 fully saturated rings. The Labute approximate surface area is 248 Å². The molecule has 1 aliphatic rings. The Morgan fingerprint density at radius 2 is 1.81 bits per heavy atom. The number of ether oxygens (including phenoxy) is 3. The molecule has 2 unspecified atom stereocenters. The number of carbonyl (C=O) groups is 1. The van der Waals surface area contributed by atoms with Crippen molar-refractivity contribution < 1.29 is 23.4 Å². The Bertz CT molecular complexity index is 1480. The third kappa shape index (κ3) is 7.95. The molecule has 1 saturated heterocycles. The summed E-state index contributed by atoms with van der Waals surface area (Å²) in [6.07, 6.45) is 3.68. The van der Waals surface area contributed by atoms with Gasteiger partial charge in [-0.2, -0.15) is 0 Å². The molecule has 220 valence electrons. The number of hydrogen-bond donors (Lipinski definition) is 0. The number of halogens is 1. The van der Waals surface area contributed by atoms with Crippen molar-refractivity contribution in [3.63, 3.8) is 0 Å². The third-order valence-corrected chi connectivity index (χ3v) is 9.36. The van der Waals surface area contributed by atoms with Crippen molar-refractivity contribution in [1.82, 2.24) is 9.88 Å². The van der Waals surface area contributed by atoms with Crippen LogP contribution in [0.4, 0.5) is 9.18 Å². The average Bonchev–Trinajstić information content (AvgIpc) is 2.99. The fourth-order valence-corrected chi connectivity index (χ4v) is 5.98. The molecule has 1 amide bonds. The number of aromatic nitrogens is 1. The van der Waals surface area contributed by atoms with Gasteiger partial charge in [-0.3, -0.25) is 4.98 Å². The van der Waals surface area contributed by atoms with E-state index < -0.39 is 8.07 Å². The molecule has 0 radical (unpaired) electrons. The maximum atomic E-state index is 13.7. The second kappa shape index (κ2) is 13.5. The van der Waals surface area contributed by atoms with Crippen molar-refractivity contribution in [2.45, 2.75) is 57.3 Å². The average molecular weight is 587 g/mol. The minimum atomic E-state index is -1.31. The second-order valence-electron chi connectivity index (χ2n) is 12.1. The SMILES string of the molecule is C[Si](C)(C)CCOC(=O)N1CCC(c2ccc(F)cc2)C(OCc2cc(OCc3cccnc3)c3ccccc3c2)C1. The van der Waals surface area contributed by atoms with Crippen molar-refractivity contribution in [3.05, 3.63) is 108 Å². The zero-order chi connectivity index (χ0) is 29.5. The molecule has 8 heteroatoms. The normalized spacial score (nSPS) is 17.3. The second-order valence-corrected chi connectivity index (χ2v) is 17.8. The van der Waals surface area contributed by atoms with Crippen LogP contribution in [0.3, 0.4) is 0 Å². The zero-order valence-electron chi connectivity index (χ0n) is 24.6. The van der Waals surface area contributed by atoms with Gasteiger partial charge in [-0.15, -0.1) is 0 Å². The lowest BCUT2D eigenvalue weighted by Gasteiger charge is -2.38. The van der Waals surface area contributed by atoms with Crippen molar-refractivity contribution in [3.8, 4) is 5.75 Å². The Morgan fingerprint density at radius 3 is 2.57 bits per heavy atom. The fourth-order valence-electron chi connectivity index (χ4n) is 5.26. The fraction of sp³-hybridized carbons (Fsp3) is 0.353. The van der Waals surface area contributed by atoms with E-state index in [1.807, 2.05) is 42.5 Å². The first-order valence-corrected chi connectivity index (χ1v) is 18.3. The molecular weight excluding hydrogens is 547 g/mol. The lowest BCUT2D eigenvalue weighted by molar-refractivity contribution is -0.0234. The molecule has 0 spiro atoms. The van der Waals surface area contributed by atoms with Gasteiger partial charge in [0.2, 0.25) is 0 Å². The molecule has 6 nitrogen and oxygen atoms in total. The van der Waals surface area contributed by atoms with Gasteiger partial charge in [0.1, 0.15) is 18.2 Å². The molecule has 42 heavy (non-hydrogen) atoms. The molecule has 0 aliphatic carbocycles. The molecule has 0 N–H and O–H groups in total. The number of rotatable bonds is 10. The van der Waals surface area contributed by atoms with E-state index in [2.05, 4.69) is 42.8 Å². The first kappa shape index (κ1) is 29.7. The smallest absolute Gasteiger partial charge is 0.409 e. The van der Waals surface area contributed by atoms with Crippen LogP contribution in [0.25, 0.3) is 10.8 Å². The maximum Gasteiger partial charge on any atom is 0.409 e. The van der Waals surface area contributed by atoms with E-state index in [-0.39, 0.29) is 23.9 Å². The van der Waals surface area contributed by atoms with Gasteiger partial charge < -0.3 is 19.1 Å². The summed E-state index contributed by atoms with van der Waals surface area (Å²) < 4.78 is 32.2. The summed E-state index contributed by atoms with van der Waals surface area (Å²) in [5.41, 5.74) is 2.97. The summed E-state index contributed by atoms with van der Waals surface area (Å²) in [4.78, 5) is 18.9. The number of likely N-dealkylation sites (tertiary alicyclic amines) is 1. The lowest BCUT2D eigenvalue weighted by atomic mass is 9.87. The van der Waals surface area contributed by atoms with Gasteiger partial charge >= 0.3 is 6.09 Å². The molecule has 1 aromatic heterocycles. The van der Waals surface area contributed by atoms with E-state index in [1.165, 1.54) is 12.1 Å². The number of amides is 1. The minimum Gasteiger partial charge on any atom is -0.488 e. The molecule has 2 atom stereocenters. The van der Waals surface area contributed by atoms with Crippen molar-refractivity contribution in [1.29, 1.82) is 0 Å². The largest absolute Gasteiger partial charge is 0.488 e. The summed E-state index contributed by atoms with van der Waals surface area (Å²) in [6.45, 7) is 8.96. The predicted molar refractivity (Wildman–Crippen MR) is 166 cm³/mol. The highest BCUT2D eigenvalue weighted by Crippen LogP contribution is 2.33. The topological polar surface area (TPSA) is 60.9 Å². The number of benzene rings is 3. The van der Waals surface area contributed by atoms with Crippen molar-refractivity contribution >= 4 is 24.9 Å². The highest BCUT2D eigenvalue weighted by molar-refractivity contribution is 6.76. The van der Waals surface area contributed by atoms with Crippen molar-refractivity contribution in [2.75, 3.05) is 19.7 Å². The maximum absolute atomic E-state index is 13.7. The summed E-state index contributed by atoms with van der Waals surface area (Å²) >= 11 is 0. The molecule has 5 rings (SSSR count). The van der Waals surface area contributed by atoms with Crippen molar-refractivity contribution in [2.24, 2.45) is 0 Å². The number of nitrogens with zero attached hydrogens (tertiary/aromatic N) is 2. The standard InChI is InChI=1S/C34H39FN2O4Si/c1-42(2,3)18-17-39-34(38)37-16-14-31(27-10-12-29(35)13-11-27)33(22-37)41-24-26-19-28-8-4-5-9-30(28)32(20-26)40-23-25-7-6-15-36-21-25/h4-13,15,19-21,31,33H,14,16-18,22-24H2,1-3H3. The monoisotopic (exact) mass is 586 g/mol. The number of carbonyl (C=O) groups excluding carboxylic acids is 1. The first-order valence-electron chi connectivity index (χ1n) is 14.6. The van der Waals surface area contributed by atoms with Gasteiger partial charge in [-0.1, -0.05) is 62.1 Å². The van der Waals surface area contributed by atoms with Crippen LogP contribution in [0.5, 0.6) is 5.75 Å². The van der Waals surface area contributed by atoms with Gasteiger partial charge in [0, 0.05) is 43.9 Å². The van der Waals surface area contributed by atoms with Crippen LogP contribution in [0.1, 0.15) is 29.0 Å². The number of hydrogen-bond acceptors (Lipinski definition) is 5. The van der Waals surface area contributed by atoms with E-state index in [4.69, 9.17) is 14.2 Å². The highest BCUT2D eigenvalue weighted by atomic mass is 28.3. The predicted octanol–water partition coefficient (Wildman–Crippen LogP) is 7.80. The molecule has 0 bridgehead atoms. The Morgan fingerprint density at radius 1 is 1.00 bits per heavy atom. The quantitative estimate of drug-likeness (QED) is 0.178. The zero-order valence-corrected chi connectivity index (χ0v) is 25.6. The van der Waals surface area contributed by atoms with Crippen LogP contribution in [0.2, 0.25) is 25.7 Å². The molecule has 1 aliphatic heterocycles. The minimum absolute atomic E-state index is 0.0263. The van der Waals surface area contributed by atoms with E-state index in [0.29, 0.717) is 39.3 Å². The molecule has 2 heterocycles. The van der Waals surface area contributed by atoms with Gasteiger partial charge in [0.25, 0.3) is 0 Å². The van der Waals surface area contributed by atoms with E-state index >= 15 is 0 Å². The summed E-state index contributed by atoms with van der Waals surface area (Å²) in [7, 11) is -1.31. The van der Waals surface area contributed by atoms with Crippen LogP contribution >= 0.6 is 0 Å². The summed E-state index contributed by atoms with van der Waals surface area (Å²) in [6, 6.07) is 23.7. The van der Waals surface area contributed by atoms with Gasteiger partial charge in [0.15, 0.2) is 0 Å². The van der Waals surface area contributed by atoms with Gasteiger partial charge in [-0.25, -0.2) is 9.18 Å². The Hall–Kier alpha value is -3.75. The Balaban J connectivity index is 1.33. The van der Waals surface area contributed by atoms with Crippen LogP contribution in [0, 0.1) is 5.82 Å². The van der Waals surface area contributed by atoms with Crippen LogP contribution in [0.15, 0.2) is 85.2 Å². The lowest BCUT2D eigenvalue weighted by Crippen LogP contribution is -2.47. The number of pyridine rings is 1. The van der Waals surface area contributed by atoms with Crippen LogP contribution in [-0.4, -0.2) is 49.9 Å². The molecule has 0 saturated carbocycles.